The summed E-state index contributed by atoms with van der Waals surface area (Å²) < 4.78 is 19.9. The van der Waals surface area contributed by atoms with E-state index in [1.165, 1.54) is 6.07 Å². The Kier molecular flexibility index (Phi) is 5.06. The number of nitrogens with two attached hydrogens (primary N) is 1. The standard InChI is InChI=1S/C12H18BrFN2O/c1-12(2,17-3)7-11(16-15)9-6-8(13)4-5-10(9)14/h4-6,11,16H,7,15H2,1-3H3. The number of halogens is 2. The first-order valence-corrected chi connectivity index (χ1v) is 6.15. The van der Waals surface area contributed by atoms with E-state index in [0.717, 1.165) is 4.47 Å². The Hall–Kier alpha value is -0.490. The number of hydrogen-bond donors (Lipinski definition) is 2. The van der Waals surface area contributed by atoms with Gasteiger partial charge in [0.25, 0.3) is 0 Å². The van der Waals surface area contributed by atoms with Gasteiger partial charge in [0.15, 0.2) is 0 Å². The largest absolute Gasteiger partial charge is 0.379 e. The van der Waals surface area contributed by atoms with Crippen LogP contribution in [0.15, 0.2) is 22.7 Å². The maximum atomic E-state index is 13.7. The minimum absolute atomic E-state index is 0.275. The fourth-order valence-electron chi connectivity index (χ4n) is 1.62. The second-order valence-electron chi connectivity index (χ2n) is 4.55. The van der Waals surface area contributed by atoms with Crippen LogP contribution >= 0.6 is 15.9 Å². The minimum Gasteiger partial charge on any atom is -0.379 e. The number of nitrogens with one attached hydrogen (secondary N) is 1. The average molecular weight is 305 g/mol. The number of benzene rings is 1. The second-order valence-corrected chi connectivity index (χ2v) is 5.47. The van der Waals surface area contributed by atoms with Crippen LogP contribution in [0.25, 0.3) is 0 Å². The molecule has 3 nitrogen and oxygen atoms in total. The van der Waals surface area contributed by atoms with Crippen molar-refractivity contribution in [2.45, 2.75) is 31.9 Å². The minimum atomic E-state index is -0.369. The van der Waals surface area contributed by atoms with E-state index in [0.29, 0.717) is 12.0 Å². The molecule has 0 radical (unpaired) electrons. The van der Waals surface area contributed by atoms with Gasteiger partial charge in [-0.15, -0.1) is 0 Å². The lowest BCUT2D eigenvalue weighted by Gasteiger charge is -2.28. The first-order chi connectivity index (χ1) is 7.89. The van der Waals surface area contributed by atoms with E-state index in [-0.39, 0.29) is 17.5 Å². The van der Waals surface area contributed by atoms with Gasteiger partial charge in [-0.25, -0.2) is 4.39 Å². The van der Waals surface area contributed by atoms with Crippen molar-refractivity contribution in [3.05, 3.63) is 34.1 Å². The van der Waals surface area contributed by atoms with E-state index in [9.17, 15) is 4.39 Å². The van der Waals surface area contributed by atoms with Crippen LogP contribution in [0.5, 0.6) is 0 Å². The topological polar surface area (TPSA) is 47.3 Å². The highest BCUT2D eigenvalue weighted by Gasteiger charge is 2.25. The molecule has 0 saturated carbocycles. The molecule has 1 rings (SSSR count). The van der Waals surface area contributed by atoms with E-state index in [4.69, 9.17) is 10.6 Å². The van der Waals surface area contributed by atoms with Gasteiger partial charge < -0.3 is 4.74 Å². The number of hydrazine groups is 1. The van der Waals surface area contributed by atoms with E-state index < -0.39 is 0 Å². The van der Waals surface area contributed by atoms with Gasteiger partial charge in [0, 0.05) is 17.1 Å². The van der Waals surface area contributed by atoms with Crippen molar-refractivity contribution in [2.24, 2.45) is 5.84 Å². The molecule has 5 heteroatoms. The first kappa shape index (κ1) is 14.6. The lowest BCUT2D eigenvalue weighted by Crippen LogP contribution is -2.35. The zero-order valence-corrected chi connectivity index (χ0v) is 11.8. The molecule has 1 aromatic carbocycles. The predicted molar refractivity (Wildman–Crippen MR) is 69.9 cm³/mol. The normalized spacial score (nSPS) is 13.8. The van der Waals surface area contributed by atoms with Crippen LogP contribution < -0.4 is 11.3 Å². The summed E-state index contributed by atoms with van der Waals surface area (Å²) in [5, 5.41) is 0. The zero-order valence-electron chi connectivity index (χ0n) is 10.3. The fraction of sp³-hybridized carbons (Fsp3) is 0.500. The summed E-state index contributed by atoms with van der Waals surface area (Å²) >= 11 is 3.32. The Labute approximate surface area is 110 Å². The van der Waals surface area contributed by atoms with Crippen molar-refractivity contribution in [3.8, 4) is 0 Å². The molecule has 0 bridgehead atoms. The number of methoxy groups -OCH3 is 1. The van der Waals surface area contributed by atoms with Crippen molar-refractivity contribution in [1.29, 1.82) is 0 Å². The Morgan fingerprint density at radius 3 is 2.71 bits per heavy atom. The first-order valence-electron chi connectivity index (χ1n) is 5.36. The van der Waals surface area contributed by atoms with Gasteiger partial charge in [-0.1, -0.05) is 15.9 Å². The van der Waals surface area contributed by atoms with Crippen LogP contribution in [-0.4, -0.2) is 12.7 Å². The fourth-order valence-corrected chi connectivity index (χ4v) is 1.99. The molecule has 0 aliphatic carbocycles. The molecular formula is C12H18BrFN2O. The SMILES string of the molecule is COC(C)(C)CC(NN)c1cc(Br)ccc1F. The van der Waals surface area contributed by atoms with Crippen LogP contribution in [0, 0.1) is 5.82 Å². The molecule has 0 spiro atoms. The molecule has 0 aliphatic rings. The zero-order chi connectivity index (χ0) is 13.1. The maximum absolute atomic E-state index is 13.7. The number of rotatable bonds is 5. The third-order valence-electron chi connectivity index (χ3n) is 2.78. The van der Waals surface area contributed by atoms with Gasteiger partial charge in [0.2, 0.25) is 0 Å². The summed E-state index contributed by atoms with van der Waals surface area (Å²) in [6.45, 7) is 3.88. The molecule has 1 unspecified atom stereocenters. The van der Waals surface area contributed by atoms with Gasteiger partial charge in [-0.2, -0.15) is 0 Å². The summed E-state index contributed by atoms with van der Waals surface area (Å²) in [7, 11) is 1.63. The Bertz CT molecular complexity index is 385. The van der Waals surface area contributed by atoms with E-state index in [1.807, 2.05) is 13.8 Å². The monoisotopic (exact) mass is 304 g/mol. The summed E-state index contributed by atoms with van der Waals surface area (Å²) in [5.41, 5.74) is 2.80. The van der Waals surface area contributed by atoms with Gasteiger partial charge in [-0.3, -0.25) is 11.3 Å². The van der Waals surface area contributed by atoms with Gasteiger partial charge >= 0.3 is 0 Å². The van der Waals surface area contributed by atoms with Crippen molar-refractivity contribution in [2.75, 3.05) is 7.11 Å². The molecule has 0 amide bonds. The molecule has 1 aromatic rings. The molecule has 0 aliphatic heterocycles. The summed E-state index contributed by atoms with van der Waals surface area (Å²) in [4.78, 5) is 0. The molecular weight excluding hydrogens is 287 g/mol. The van der Waals surface area contributed by atoms with Crippen molar-refractivity contribution >= 4 is 15.9 Å². The predicted octanol–water partition coefficient (Wildman–Crippen LogP) is 2.91. The quantitative estimate of drug-likeness (QED) is 0.649. The average Bonchev–Trinajstić information content (AvgIpc) is 2.29. The number of hydrogen-bond acceptors (Lipinski definition) is 3. The summed E-state index contributed by atoms with van der Waals surface area (Å²) in [6, 6.07) is 4.52. The van der Waals surface area contributed by atoms with Crippen molar-refractivity contribution < 1.29 is 9.13 Å². The Balaban J connectivity index is 2.97. The lowest BCUT2D eigenvalue weighted by atomic mass is 9.94. The van der Waals surface area contributed by atoms with Gasteiger partial charge in [-0.05, 0) is 38.5 Å². The third-order valence-corrected chi connectivity index (χ3v) is 3.28. The highest BCUT2D eigenvalue weighted by molar-refractivity contribution is 9.10. The summed E-state index contributed by atoms with van der Waals surface area (Å²) in [6.07, 6.45) is 0.577. The number of ether oxygens (including phenoxy) is 1. The van der Waals surface area contributed by atoms with Crippen LogP contribution in [0.1, 0.15) is 31.9 Å². The molecule has 0 fully saturated rings. The molecule has 1 atom stereocenters. The third kappa shape index (κ3) is 4.03. The van der Waals surface area contributed by atoms with Gasteiger partial charge in [0.1, 0.15) is 5.82 Å². The lowest BCUT2D eigenvalue weighted by molar-refractivity contribution is 0.00654. The van der Waals surface area contributed by atoms with Gasteiger partial charge in [0.05, 0.1) is 11.6 Å². The summed E-state index contributed by atoms with van der Waals surface area (Å²) in [5.74, 6) is 5.22. The van der Waals surface area contributed by atoms with E-state index in [2.05, 4.69) is 21.4 Å². The second kappa shape index (κ2) is 5.91. The molecule has 3 N–H and O–H groups in total. The highest BCUT2D eigenvalue weighted by atomic mass is 79.9. The van der Waals surface area contributed by atoms with E-state index >= 15 is 0 Å². The van der Waals surface area contributed by atoms with Crippen molar-refractivity contribution in [1.82, 2.24) is 5.43 Å². The van der Waals surface area contributed by atoms with Crippen LogP contribution in [0.4, 0.5) is 4.39 Å². The van der Waals surface area contributed by atoms with Crippen LogP contribution in [0.2, 0.25) is 0 Å². The molecule has 96 valence electrons. The Morgan fingerprint density at radius 1 is 1.53 bits per heavy atom. The smallest absolute Gasteiger partial charge is 0.128 e. The molecule has 0 saturated heterocycles. The molecule has 0 heterocycles. The van der Waals surface area contributed by atoms with Crippen molar-refractivity contribution in [3.63, 3.8) is 0 Å². The van der Waals surface area contributed by atoms with E-state index in [1.54, 1.807) is 19.2 Å². The maximum Gasteiger partial charge on any atom is 0.128 e. The molecule has 17 heavy (non-hydrogen) atoms. The Morgan fingerprint density at radius 2 is 2.18 bits per heavy atom. The van der Waals surface area contributed by atoms with Crippen LogP contribution in [0.3, 0.4) is 0 Å². The highest BCUT2D eigenvalue weighted by Crippen LogP contribution is 2.28. The van der Waals surface area contributed by atoms with Crippen LogP contribution in [-0.2, 0) is 4.74 Å². The molecule has 0 aromatic heterocycles.